The second-order valence-corrected chi connectivity index (χ2v) is 6.52. The van der Waals surface area contributed by atoms with Gasteiger partial charge in [-0.05, 0) is 29.3 Å². The molecule has 5 heteroatoms. The molecule has 0 radical (unpaired) electrons. The molecule has 0 bridgehead atoms. The van der Waals surface area contributed by atoms with Crippen LogP contribution < -0.4 is 4.74 Å². The van der Waals surface area contributed by atoms with Crippen LogP contribution >= 0.6 is 0 Å². The molecular weight excluding hydrogens is 314 g/mol. The molecule has 3 aromatic rings. The molecule has 0 aliphatic carbocycles. The van der Waals surface area contributed by atoms with Crippen molar-refractivity contribution in [2.24, 2.45) is 7.05 Å². The molecule has 2 aromatic carbocycles. The lowest BCUT2D eigenvalue weighted by Crippen LogP contribution is -2.37. The minimum absolute atomic E-state index is 0.188. The maximum atomic E-state index is 10.8. The van der Waals surface area contributed by atoms with Crippen molar-refractivity contribution in [2.45, 2.75) is 18.9 Å². The first-order valence-corrected chi connectivity index (χ1v) is 8.61. The van der Waals surface area contributed by atoms with Gasteiger partial charge in [0.25, 0.3) is 0 Å². The summed E-state index contributed by atoms with van der Waals surface area (Å²) in [6.07, 6.45) is 4.76. The standard InChI is InChI=1S/C20H21N3O2/c1-22-20-12-16(2-3-17(20)13-21-22)15-4-6-18(7-5-15)25-19-8-10-23(14-24)11-9-19/h2-7,12-14,19H,8-11H2,1H3. The predicted octanol–water partition coefficient (Wildman–Crippen LogP) is 3.24. The summed E-state index contributed by atoms with van der Waals surface area (Å²) in [5.74, 6) is 0.884. The summed E-state index contributed by atoms with van der Waals surface area (Å²) in [7, 11) is 1.96. The van der Waals surface area contributed by atoms with E-state index in [1.54, 1.807) is 4.90 Å². The summed E-state index contributed by atoms with van der Waals surface area (Å²) in [5.41, 5.74) is 3.45. The number of aryl methyl sites for hydroxylation is 1. The zero-order valence-electron chi connectivity index (χ0n) is 14.3. The summed E-state index contributed by atoms with van der Waals surface area (Å²) in [4.78, 5) is 12.6. The van der Waals surface area contributed by atoms with Crippen LogP contribution in [0.1, 0.15) is 12.8 Å². The molecule has 1 aliphatic rings. The third-order valence-electron chi connectivity index (χ3n) is 4.87. The first-order valence-electron chi connectivity index (χ1n) is 8.61. The van der Waals surface area contributed by atoms with E-state index in [1.165, 1.54) is 5.56 Å². The van der Waals surface area contributed by atoms with Gasteiger partial charge in [0.1, 0.15) is 11.9 Å². The van der Waals surface area contributed by atoms with Gasteiger partial charge >= 0.3 is 0 Å². The SMILES string of the molecule is Cn1ncc2ccc(-c3ccc(OC4CCN(C=O)CC4)cc3)cc21. The lowest BCUT2D eigenvalue weighted by atomic mass is 10.0. The summed E-state index contributed by atoms with van der Waals surface area (Å²) in [6.45, 7) is 1.55. The molecular formula is C20H21N3O2. The highest BCUT2D eigenvalue weighted by atomic mass is 16.5. The van der Waals surface area contributed by atoms with Crippen molar-refractivity contribution in [1.82, 2.24) is 14.7 Å². The number of rotatable bonds is 4. The van der Waals surface area contributed by atoms with E-state index < -0.39 is 0 Å². The van der Waals surface area contributed by atoms with E-state index >= 15 is 0 Å². The summed E-state index contributed by atoms with van der Waals surface area (Å²) in [5, 5.41) is 5.44. The molecule has 0 unspecified atom stereocenters. The van der Waals surface area contributed by atoms with E-state index in [0.29, 0.717) is 0 Å². The van der Waals surface area contributed by atoms with Crippen LogP contribution in [0.2, 0.25) is 0 Å². The largest absolute Gasteiger partial charge is 0.490 e. The van der Waals surface area contributed by atoms with Crippen LogP contribution in [0.4, 0.5) is 0 Å². The lowest BCUT2D eigenvalue weighted by molar-refractivity contribution is -0.119. The second kappa shape index (κ2) is 6.59. The average Bonchev–Trinajstić information content (AvgIpc) is 3.03. The normalized spacial score (nSPS) is 15.5. The van der Waals surface area contributed by atoms with Crippen molar-refractivity contribution in [3.8, 4) is 16.9 Å². The first-order chi connectivity index (χ1) is 12.2. The predicted molar refractivity (Wildman–Crippen MR) is 97.4 cm³/mol. The Hall–Kier alpha value is -2.82. The first kappa shape index (κ1) is 15.7. The van der Waals surface area contributed by atoms with Crippen LogP contribution in [0, 0.1) is 0 Å². The second-order valence-electron chi connectivity index (χ2n) is 6.52. The molecule has 25 heavy (non-hydrogen) atoms. The summed E-state index contributed by atoms with van der Waals surface area (Å²) < 4.78 is 7.95. The number of nitrogens with zero attached hydrogens (tertiary/aromatic N) is 3. The van der Waals surface area contributed by atoms with Gasteiger partial charge in [0.15, 0.2) is 0 Å². The molecule has 0 N–H and O–H groups in total. The molecule has 1 amide bonds. The number of piperidine rings is 1. The topological polar surface area (TPSA) is 47.4 Å². The van der Waals surface area contributed by atoms with Gasteiger partial charge in [0, 0.05) is 38.4 Å². The van der Waals surface area contributed by atoms with Crippen LogP contribution in [0.15, 0.2) is 48.7 Å². The van der Waals surface area contributed by atoms with Crippen LogP contribution in [-0.4, -0.2) is 40.3 Å². The molecule has 1 aromatic heterocycles. The highest BCUT2D eigenvalue weighted by molar-refractivity contribution is 5.84. The van der Waals surface area contributed by atoms with Crippen LogP contribution in [0.25, 0.3) is 22.0 Å². The number of hydrogen-bond donors (Lipinski definition) is 0. The molecule has 5 nitrogen and oxygen atoms in total. The van der Waals surface area contributed by atoms with E-state index in [1.807, 2.05) is 30.1 Å². The van der Waals surface area contributed by atoms with Crippen LogP contribution in [0.3, 0.4) is 0 Å². The Morgan fingerprint density at radius 2 is 1.80 bits per heavy atom. The smallest absolute Gasteiger partial charge is 0.209 e. The lowest BCUT2D eigenvalue weighted by Gasteiger charge is -2.29. The molecule has 0 spiro atoms. The Bertz CT molecular complexity index is 878. The highest BCUT2D eigenvalue weighted by Gasteiger charge is 2.19. The van der Waals surface area contributed by atoms with Gasteiger partial charge < -0.3 is 9.64 Å². The monoisotopic (exact) mass is 335 g/mol. The zero-order valence-corrected chi connectivity index (χ0v) is 14.3. The number of ether oxygens (including phenoxy) is 1. The maximum absolute atomic E-state index is 10.8. The van der Waals surface area contributed by atoms with Crippen molar-refractivity contribution in [1.29, 1.82) is 0 Å². The summed E-state index contributed by atoms with van der Waals surface area (Å²) >= 11 is 0. The minimum Gasteiger partial charge on any atom is -0.490 e. The highest BCUT2D eigenvalue weighted by Crippen LogP contribution is 2.27. The van der Waals surface area contributed by atoms with Crippen molar-refractivity contribution in [3.05, 3.63) is 48.7 Å². The average molecular weight is 335 g/mol. The van der Waals surface area contributed by atoms with E-state index in [9.17, 15) is 4.79 Å². The van der Waals surface area contributed by atoms with Crippen molar-refractivity contribution in [2.75, 3.05) is 13.1 Å². The molecule has 128 valence electrons. The van der Waals surface area contributed by atoms with Crippen molar-refractivity contribution in [3.63, 3.8) is 0 Å². The van der Waals surface area contributed by atoms with Gasteiger partial charge in [-0.15, -0.1) is 0 Å². The fourth-order valence-electron chi connectivity index (χ4n) is 3.34. The van der Waals surface area contributed by atoms with Crippen LogP contribution in [0.5, 0.6) is 5.75 Å². The van der Waals surface area contributed by atoms with E-state index in [2.05, 4.69) is 35.4 Å². The van der Waals surface area contributed by atoms with Crippen molar-refractivity contribution < 1.29 is 9.53 Å². The van der Waals surface area contributed by atoms with Gasteiger partial charge in [0.2, 0.25) is 6.41 Å². The molecule has 1 saturated heterocycles. The number of hydrogen-bond acceptors (Lipinski definition) is 3. The Balaban J connectivity index is 1.47. The van der Waals surface area contributed by atoms with Gasteiger partial charge in [0.05, 0.1) is 11.7 Å². The van der Waals surface area contributed by atoms with Crippen LogP contribution in [-0.2, 0) is 11.8 Å². The fraction of sp³-hybridized carbons (Fsp3) is 0.300. The molecule has 0 saturated carbocycles. The number of fused-ring (bicyclic) bond motifs is 1. The third-order valence-corrected chi connectivity index (χ3v) is 4.87. The third kappa shape index (κ3) is 3.22. The number of likely N-dealkylation sites (tertiary alicyclic amines) is 1. The minimum atomic E-state index is 0.188. The van der Waals surface area contributed by atoms with Gasteiger partial charge in [-0.25, -0.2) is 0 Å². The molecule has 4 rings (SSSR count). The Kier molecular flexibility index (Phi) is 4.14. The van der Waals surface area contributed by atoms with Gasteiger partial charge in [-0.3, -0.25) is 9.48 Å². The molecule has 1 fully saturated rings. The number of carbonyl (C=O) groups is 1. The summed E-state index contributed by atoms with van der Waals surface area (Å²) in [6, 6.07) is 14.6. The number of carbonyl (C=O) groups excluding carboxylic acids is 1. The quantitative estimate of drug-likeness (QED) is 0.688. The molecule has 0 atom stereocenters. The number of benzene rings is 2. The zero-order chi connectivity index (χ0) is 17.2. The maximum Gasteiger partial charge on any atom is 0.209 e. The number of amides is 1. The Morgan fingerprint density at radius 3 is 2.52 bits per heavy atom. The Labute approximate surface area is 146 Å². The van der Waals surface area contributed by atoms with Crippen molar-refractivity contribution >= 4 is 17.3 Å². The fourth-order valence-corrected chi connectivity index (χ4v) is 3.34. The number of aromatic nitrogens is 2. The Morgan fingerprint density at radius 1 is 1.08 bits per heavy atom. The van der Waals surface area contributed by atoms with E-state index in [0.717, 1.165) is 54.6 Å². The van der Waals surface area contributed by atoms with Gasteiger partial charge in [-0.1, -0.05) is 24.3 Å². The molecule has 1 aliphatic heterocycles. The molecule has 2 heterocycles. The van der Waals surface area contributed by atoms with E-state index in [-0.39, 0.29) is 6.10 Å². The van der Waals surface area contributed by atoms with E-state index in [4.69, 9.17) is 4.74 Å². The van der Waals surface area contributed by atoms with Gasteiger partial charge in [-0.2, -0.15) is 5.10 Å².